The van der Waals surface area contributed by atoms with Gasteiger partial charge in [-0.3, -0.25) is 9.69 Å². The first kappa shape index (κ1) is 23.3. The van der Waals surface area contributed by atoms with Crippen molar-refractivity contribution in [3.63, 3.8) is 0 Å². The smallest absolute Gasteiger partial charge is 0.397 e. The quantitative estimate of drug-likeness (QED) is 0.643. The average molecular weight is 448 g/mol. The molecule has 0 saturated carbocycles. The number of hydrogen-bond donors (Lipinski definition) is 2. The van der Waals surface area contributed by atoms with Crippen molar-refractivity contribution in [2.24, 2.45) is 0 Å². The summed E-state index contributed by atoms with van der Waals surface area (Å²) in [6, 6.07) is 10.1. The second kappa shape index (κ2) is 9.24. The van der Waals surface area contributed by atoms with Gasteiger partial charge in [-0.05, 0) is 49.7 Å². The van der Waals surface area contributed by atoms with Gasteiger partial charge in [-0.1, -0.05) is 35.9 Å². The Labute approximate surface area is 178 Å². The van der Waals surface area contributed by atoms with Gasteiger partial charge in [0.1, 0.15) is 0 Å². The zero-order valence-corrected chi connectivity index (χ0v) is 17.3. The molecule has 9 heteroatoms. The van der Waals surface area contributed by atoms with Gasteiger partial charge in [0.2, 0.25) is 0 Å². The van der Waals surface area contributed by atoms with Crippen LogP contribution in [0.1, 0.15) is 45.9 Å². The molecule has 1 aliphatic heterocycles. The molecule has 2 aromatic carbocycles. The topological polar surface area (TPSA) is 58.4 Å². The van der Waals surface area contributed by atoms with Gasteiger partial charge in [-0.15, -0.1) is 12.4 Å². The maximum Gasteiger partial charge on any atom is 0.418 e. The SMILES string of the molecule is CN1CCCC1c1ccc(CNC(=O)c2cc(Cl)c(N)c(C(F)(F)F)c2)cc1.Cl. The maximum absolute atomic E-state index is 13.0. The molecular formula is C20H22Cl2F3N3O. The molecule has 29 heavy (non-hydrogen) atoms. The van der Waals surface area contributed by atoms with Gasteiger partial charge in [-0.25, -0.2) is 0 Å². The Bertz CT molecular complexity index is 873. The molecule has 0 aromatic heterocycles. The third-order valence-corrected chi connectivity index (χ3v) is 5.35. The van der Waals surface area contributed by atoms with Gasteiger partial charge in [-0.2, -0.15) is 13.2 Å². The lowest BCUT2D eigenvalue weighted by molar-refractivity contribution is -0.136. The molecule has 1 amide bonds. The van der Waals surface area contributed by atoms with Crippen LogP contribution in [0.4, 0.5) is 18.9 Å². The van der Waals surface area contributed by atoms with Crippen molar-refractivity contribution in [3.8, 4) is 0 Å². The summed E-state index contributed by atoms with van der Waals surface area (Å²) in [7, 11) is 2.10. The molecule has 0 bridgehead atoms. The highest BCUT2D eigenvalue weighted by atomic mass is 35.5. The van der Waals surface area contributed by atoms with Gasteiger partial charge in [0.15, 0.2) is 0 Å². The first-order valence-corrected chi connectivity index (χ1v) is 9.28. The van der Waals surface area contributed by atoms with Crippen LogP contribution in [0, 0.1) is 0 Å². The number of benzene rings is 2. The Balaban J connectivity index is 0.00000300. The zero-order valence-electron chi connectivity index (χ0n) is 15.7. The van der Waals surface area contributed by atoms with Crippen molar-refractivity contribution in [1.82, 2.24) is 10.2 Å². The minimum atomic E-state index is -4.69. The van der Waals surface area contributed by atoms with E-state index in [4.69, 9.17) is 17.3 Å². The number of nitrogen functional groups attached to an aromatic ring is 1. The van der Waals surface area contributed by atoms with Crippen LogP contribution in [0.2, 0.25) is 5.02 Å². The summed E-state index contributed by atoms with van der Waals surface area (Å²) in [6.07, 6.45) is -2.40. The Kier molecular flexibility index (Phi) is 7.43. The predicted molar refractivity (Wildman–Crippen MR) is 110 cm³/mol. The van der Waals surface area contributed by atoms with E-state index in [2.05, 4.69) is 17.3 Å². The average Bonchev–Trinajstić information content (AvgIpc) is 3.07. The molecule has 1 fully saturated rings. The number of nitrogens with one attached hydrogen (secondary N) is 1. The van der Waals surface area contributed by atoms with Crippen LogP contribution in [0.25, 0.3) is 0 Å². The predicted octanol–water partition coefficient (Wildman–Crippen LogP) is 5.06. The molecule has 0 radical (unpaired) electrons. The van der Waals surface area contributed by atoms with E-state index in [-0.39, 0.29) is 29.5 Å². The molecule has 4 nitrogen and oxygen atoms in total. The van der Waals surface area contributed by atoms with Crippen LogP contribution in [0.3, 0.4) is 0 Å². The summed E-state index contributed by atoms with van der Waals surface area (Å²) in [5.74, 6) is -0.646. The molecule has 1 saturated heterocycles. The molecule has 1 heterocycles. The van der Waals surface area contributed by atoms with E-state index in [0.717, 1.165) is 30.7 Å². The summed E-state index contributed by atoms with van der Waals surface area (Å²) < 4.78 is 39.1. The molecular weight excluding hydrogens is 426 g/mol. The van der Waals surface area contributed by atoms with Crippen molar-refractivity contribution in [3.05, 3.63) is 63.7 Å². The van der Waals surface area contributed by atoms with Crippen LogP contribution < -0.4 is 11.1 Å². The van der Waals surface area contributed by atoms with Gasteiger partial charge in [0, 0.05) is 18.2 Å². The number of likely N-dealkylation sites (tertiary alicyclic amines) is 1. The third kappa shape index (κ3) is 5.35. The first-order valence-electron chi connectivity index (χ1n) is 8.90. The summed E-state index contributed by atoms with van der Waals surface area (Å²) in [5, 5.41) is 2.32. The summed E-state index contributed by atoms with van der Waals surface area (Å²) in [5.41, 5.74) is 5.58. The molecule has 2 aromatic rings. The van der Waals surface area contributed by atoms with E-state index >= 15 is 0 Å². The molecule has 158 valence electrons. The minimum absolute atomic E-state index is 0. The number of carbonyl (C=O) groups excluding carboxylic acids is 1. The second-order valence-electron chi connectivity index (χ2n) is 6.98. The Morgan fingerprint density at radius 3 is 2.48 bits per heavy atom. The molecule has 1 atom stereocenters. The van der Waals surface area contributed by atoms with E-state index in [0.29, 0.717) is 6.04 Å². The van der Waals surface area contributed by atoms with Gasteiger partial charge in [0.25, 0.3) is 5.91 Å². The van der Waals surface area contributed by atoms with Gasteiger partial charge >= 0.3 is 6.18 Å². The standard InChI is InChI=1S/C20H21ClF3N3O.ClH/c1-27-8-2-3-17(27)13-6-4-12(5-7-13)11-26-19(28)14-9-15(20(22,23)24)18(25)16(21)10-14;/h4-7,9-10,17H,2-3,8,11,25H2,1H3,(H,26,28);1H. The molecule has 1 unspecified atom stereocenters. The number of anilines is 1. The molecule has 3 rings (SSSR count). The lowest BCUT2D eigenvalue weighted by Crippen LogP contribution is -2.24. The summed E-state index contributed by atoms with van der Waals surface area (Å²) >= 11 is 5.77. The number of nitrogens with zero attached hydrogens (tertiary/aromatic N) is 1. The fourth-order valence-corrected chi connectivity index (χ4v) is 3.68. The number of alkyl halides is 3. The Morgan fingerprint density at radius 2 is 1.93 bits per heavy atom. The Hall–Kier alpha value is -1.96. The van der Waals surface area contributed by atoms with Gasteiger partial charge in [0.05, 0.1) is 16.3 Å². The Morgan fingerprint density at radius 1 is 1.28 bits per heavy atom. The first-order chi connectivity index (χ1) is 13.2. The summed E-state index contributed by atoms with van der Waals surface area (Å²) in [6.45, 7) is 1.27. The van der Waals surface area contributed by atoms with E-state index in [1.807, 2.05) is 24.3 Å². The highest BCUT2D eigenvalue weighted by Crippen LogP contribution is 2.37. The third-order valence-electron chi connectivity index (χ3n) is 5.04. The molecule has 0 spiro atoms. The van der Waals surface area contributed by atoms with Crippen LogP contribution in [-0.2, 0) is 12.7 Å². The van der Waals surface area contributed by atoms with E-state index in [1.54, 1.807) is 0 Å². The monoisotopic (exact) mass is 447 g/mol. The lowest BCUT2D eigenvalue weighted by atomic mass is 10.0. The largest absolute Gasteiger partial charge is 0.418 e. The highest BCUT2D eigenvalue weighted by molar-refractivity contribution is 6.33. The van der Waals surface area contributed by atoms with Crippen LogP contribution >= 0.6 is 24.0 Å². The van der Waals surface area contributed by atoms with Crippen LogP contribution in [0.5, 0.6) is 0 Å². The molecule has 0 aliphatic carbocycles. The molecule has 3 N–H and O–H groups in total. The van der Waals surface area contributed by atoms with Crippen molar-refractivity contribution in [2.45, 2.75) is 31.6 Å². The van der Waals surface area contributed by atoms with E-state index < -0.39 is 23.3 Å². The maximum atomic E-state index is 13.0. The van der Waals surface area contributed by atoms with E-state index in [1.165, 1.54) is 12.0 Å². The number of amides is 1. The number of hydrogen-bond acceptors (Lipinski definition) is 3. The van der Waals surface area contributed by atoms with Crippen molar-refractivity contribution in [2.75, 3.05) is 19.3 Å². The molecule has 1 aliphatic rings. The van der Waals surface area contributed by atoms with Crippen LogP contribution in [0.15, 0.2) is 36.4 Å². The van der Waals surface area contributed by atoms with Crippen molar-refractivity contribution < 1.29 is 18.0 Å². The van der Waals surface area contributed by atoms with Crippen molar-refractivity contribution >= 4 is 35.6 Å². The normalized spacial score (nSPS) is 17.1. The fraction of sp³-hybridized carbons (Fsp3) is 0.350. The fourth-order valence-electron chi connectivity index (χ4n) is 3.46. The highest BCUT2D eigenvalue weighted by Gasteiger charge is 2.34. The van der Waals surface area contributed by atoms with Crippen molar-refractivity contribution in [1.29, 1.82) is 0 Å². The lowest BCUT2D eigenvalue weighted by Gasteiger charge is -2.20. The number of halogens is 5. The second-order valence-corrected chi connectivity index (χ2v) is 7.39. The van der Waals surface area contributed by atoms with E-state index in [9.17, 15) is 18.0 Å². The number of nitrogens with two attached hydrogens (primary N) is 1. The number of rotatable bonds is 4. The summed E-state index contributed by atoms with van der Waals surface area (Å²) in [4.78, 5) is 14.6. The van der Waals surface area contributed by atoms with Crippen LogP contribution in [-0.4, -0.2) is 24.4 Å². The zero-order chi connectivity index (χ0) is 20.5. The van der Waals surface area contributed by atoms with Gasteiger partial charge < -0.3 is 11.1 Å². The minimum Gasteiger partial charge on any atom is -0.397 e. The number of carbonyl (C=O) groups is 1.